The average molecular weight is 253 g/mol. The Balaban J connectivity index is 2.34. The molecule has 4 heteroatoms. The lowest BCUT2D eigenvalue weighted by molar-refractivity contribution is -0.130. The van der Waals surface area contributed by atoms with Crippen LogP contribution >= 0.6 is 0 Å². The molecule has 1 aromatic rings. The van der Waals surface area contributed by atoms with E-state index in [1.807, 2.05) is 0 Å². The molecule has 0 spiro atoms. The highest BCUT2D eigenvalue weighted by Crippen LogP contribution is 2.07. The standard InChI is InChI=1S/C14H20FNO2/c1-11(17)9-10-16(2)14(18)8-5-12-3-6-13(15)7-4-12/h3-4,6-7,11,17H,5,8-10H2,1-2H3. The van der Waals surface area contributed by atoms with Crippen LogP contribution in [0.1, 0.15) is 25.3 Å². The van der Waals surface area contributed by atoms with E-state index in [2.05, 4.69) is 0 Å². The molecule has 0 bridgehead atoms. The summed E-state index contributed by atoms with van der Waals surface area (Å²) in [5, 5.41) is 9.14. The van der Waals surface area contributed by atoms with Gasteiger partial charge in [-0.2, -0.15) is 0 Å². The van der Waals surface area contributed by atoms with Crippen LogP contribution < -0.4 is 0 Å². The van der Waals surface area contributed by atoms with Gasteiger partial charge < -0.3 is 10.0 Å². The van der Waals surface area contributed by atoms with Gasteiger partial charge >= 0.3 is 0 Å². The molecule has 0 aliphatic heterocycles. The van der Waals surface area contributed by atoms with Gasteiger partial charge in [0.05, 0.1) is 6.10 Å². The lowest BCUT2D eigenvalue weighted by Gasteiger charge is -2.17. The third kappa shape index (κ3) is 5.27. The van der Waals surface area contributed by atoms with Crippen molar-refractivity contribution in [1.29, 1.82) is 0 Å². The van der Waals surface area contributed by atoms with Crippen molar-refractivity contribution in [3.63, 3.8) is 0 Å². The smallest absolute Gasteiger partial charge is 0.222 e. The fourth-order valence-electron chi connectivity index (χ4n) is 1.60. The number of hydrogen-bond acceptors (Lipinski definition) is 2. The Morgan fingerprint density at radius 3 is 2.56 bits per heavy atom. The summed E-state index contributed by atoms with van der Waals surface area (Å²) in [6.07, 6.45) is 1.20. The van der Waals surface area contributed by atoms with Crippen molar-refractivity contribution in [2.75, 3.05) is 13.6 Å². The molecule has 0 radical (unpaired) electrons. The summed E-state index contributed by atoms with van der Waals surface area (Å²) in [5.41, 5.74) is 0.952. The second-order valence-corrected chi connectivity index (χ2v) is 4.58. The van der Waals surface area contributed by atoms with Crippen LogP contribution in [0.15, 0.2) is 24.3 Å². The molecule has 0 heterocycles. The van der Waals surface area contributed by atoms with Crippen molar-refractivity contribution in [2.24, 2.45) is 0 Å². The fraction of sp³-hybridized carbons (Fsp3) is 0.500. The number of carbonyl (C=O) groups is 1. The molecule has 0 aliphatic carbocycles. The first kappa shape index (κ1) is 14.6. The van der Waals surface area contributed by atoms with E-state index in [4.69, 9.17) is 5.11 Å². The minimum absolute atomic E-state index is 0.0416. The molecule has 1 amide bonds. The number of nitrogens with zero attached hydrogens (tertiary/aromatic N) is 1. The van der Waals surface area contributed by atoms with Crippen LogP contribution in [0.3, 0.4) is 0 Å². The fourth-order valence-corrected chi connectivity index (χ4v) is 1.60. The van der Waals surface area contributed by atoms with Crippen LogP contribution in [0.2, 0.25) is 0 Å². The molecule has 0 aromatic heterocycles. The van der Waals surface area contributed by atoms with Gasteiger partial charge in [0.15, 0.2) is 0 Å². The normalized spacial score (nSPS) is 12.2. The van der Waals surface area contributed by atoms with Crippen molar-refractivity contribution in [1.82, 2.24) is 4.90 Å². The third-order valence-corrected chi connectivity index (χ3v) is 2.85. The molecular formula is C14H20FNO2. The summed E-state index contributed by atoms with van der Waals surface area (Å²) in [6.45, 7) is 2.26. The number of amides is 1. The summed E-state index contributed by atoms with van der Waals surface area (Å²) in [6, 6.07) is 6.19. The molecule has 0 saturated heterocycles. The number of aryl methyl sites for hydroxylation is 1. The van der Waals surface area contributed by atoms with Crippen molar-refractivity contribution < 1.29 is 14.3 Å². The lowest BCUT2D eigenvalue weighted by atomic mass is 10.1. The van der Waals surface area contributed by atoms with Gasteiger partial charge in [-0.15, -0.1) is 0 Å². The minimum Gasteiger partial charge on any atom is -0.393 e. The predicted octanol–water partition coefficient (Wildman–Crippen LogP) is 1.99. The summed E-state index contributed by atoms with van der Waals surface area (Å²) < 4.78 is 12.7. The Morgan fingerprint density at radius 1 is 1.39 bits per heavy atom. The molecular weight excluding hydrogens is 233 g/mol. The number of aliphatic hydroxyl groups is 1. The maximum absolute atomic E-state index is 12.7. The number of benzene rings is 1. The van der Waals surface area contributed by atoms with Crippen molar-refractivity contribution >= 4 is 5.91 Å². The topological polar surface area (TPSA) is 40.5 Å². The van der Waals surface area contributed by atoms with Crippen LogP contribution in [0.25, 0.3) is 0 Å². The Morgan fingerprint density at radius 2 is 2.00 bits per heavy atom. The summed E-state index contributed by atoms with van der Waals surface area (Å²) >= 11 is 0. The monoisotopic (exact) mass is 253 g/mol. The summed E-state index contributed by atoms with van der Waals surface area (Å²) in [5.74, 6) is -0.223. The Hall–Kier alpha value is -1.42. The quantitative estimate of drug-likeness (QED) is 0.842. The molecule has 3 nitrogen and oxygen atoms in total. The lowest BCUT2D eigenvalue weighted by Crippen LogP contribution is -2.29. The van der Waals surface area contributed by atoms with Gasteiger partial charge in [0.1, 0.15) is 5.82 Å². The van der Waals surface area contributed by atoms with E-state index in [1.165, 1.54) is 12.1 Å². The number of carbonyl (C=O) groups excluding carboxylic acids is 1. The van der Waals surface area contributed by atoms with E-state index >= 15 is 0 Å². The third-order valence-electron chi connectivity index (χ3n) is 2.85. The molecule has 18 heavy (non-hydrogen) atoms. The van der Waals surface area contributed by atoms with E-state index in [1.54, 1.807) is 31.0 Å². The zero-order valence-corrected chi connectivity index (χ0v) is 10.9. The molecule has 0 aliphatic rings. The largest absolute Gasteiger partial charge is 0.393 e. The molecule has 0 saturated carbocycles. The van der Waals surface area contributed by atoms with Gasteiger partial charge in [-0.25, -0.2) is 4.39 Å². The van der Waals surface area contributed by atoms with Crippen molar-refractivity contribution in [3.05, 3.63) is 35.6 Å². The minimum atomic E-state index is -0.391. The highest BCUT2D eigenvalue weighted by molar-refractivity contribution is 5.76. The Bertz CT molecular complexity index is 376. The van der Waals surface area contributed by atoms with Crippen molar-refractivity contribution in [2.45, 2.75) is 32.3 Å². The van der Waals surface area contributed by atoms with Crippen LogP contribution in [0.4, 0.5) is 4.39 Å². The zero-order valence-electron chi connectivity index (χ0n) is 10.9. The van der Waals surface area contributed by atoms with E-state index < -0.39 is 6.10 Å². The number of aliphatic hydroxyl groups excluding tert-OH is 1. The summed E-state index contributed by atoms with van der Waals surface area (Å²) in [7, 11) is 1.73. The van der Waals surface area contributed by atoms with E-state index in [-0.39, 0.29) is 11.7 Å². The van der Waals surface area contributed by atoms with E-state index in [9.17, 15) is 9.18 Å². The van der Waals surface area contributed by atoms with Gasteiger partial charge in [0.2, 0.25) is 5.91 Å². The Labute approximate surface area is 107 Å². The molecule has 1 atom stereocenters. The number of hydrogen-bond donors (Lipinski definition) is 1. The van der Waals surface area contributed by atoms with Crippen LogP contribution in [-0.2, 0) is 11.2 Å². The van der Waals surface area contributed by atoms with Crippen molar-refractivity contribution in [3.8, 4) is 0 Å². The highest BCUT2D eigenvalue weighted by Gasteiger charge is 2.09. The van der Waals surface area contributed by atoms with E-state index in [0.717, 1.165) is 5.56 Å². The Kier molecular flexibility index (Phi) is 5.78. The highest BCUT2D eigenvalue weighted by atomic mass is 19.1. The second kappa shape index (κ2) is 7.11. The number of halogens is 1. The first-order valence-electron chi connectivity index (χ1n) is 6.15. The van der Waals surface area contributed by atoms with Crippen LogP contribution in [-0.4, -0.2) is 35.6 Å². The zero-order chi connectivity index (χ0) is 13.5. The van der Waals surface area contributed by atoms with Crippen LogP contribution in [0, 0.1) is 5.82 Å². The maximum Gasteiger partial charge on any atom is 0.222 e. The molecule has 1 rings (SSSR count). The van der Waals surface area contributed by atoms with Gasteiger partial charge in [-0.3, -0.25) is 4.79 Å². The maximum atomic E-state index is 12.7. The molecule has 0 fully saturated rings. The van der Waals surface area contributed by atoms with Gasteiger partial charge in [0.25, 0.3) is 0 Å². The van der Waals surface area contributed by atoms with Gasteiger partial charge in [-0.1, -0.05) is 12.1 Å². The second-order valence-electron chi connectivity index (χ2n) is 4.58. The SMILES string of the molecule is CC(O)CCN(C)C(=O)CCc1ccc(F)cc1. The summed E-state index contributed by atoms with van der Waals surface area (Å²) in [4.78, 5) is 13.4. The molecule has 1 N–H and O–H groups in total. The molecule has 100 valence electrons. The van der Waals surface area contributed by atoms with E-state index in [0.29, 0.717) is 25.8 Å². The molecule has 1 unspecified atom stereocenters. The average Bonchev–Trinajstić information content (AvgIpc) is 2.34. The van der Waals surface area contributed by atoms with Crippen LogP contribution in [0.5, 0.6) is 0 Å². The predicted molar refractivity (Wildman–Crippen MR) is 68.7 cm³/mol. The van der Waals surface area contributed by atoms with Gasteiger partial charge in [0, 0.05) is 20.0 Å². The first-order chi connectivity index (χ1) is 8.49. The number of rotatable bonds is 6. The van der Waals surface area contributed by atoms with Gasteiger partial charge in [-0.05, 0) is 37.5 Å². The molecule has 1 aromatic carbocycles. The first-order valence-corrected chi connectivity index (χ1v) is 6.15.